The van der Waals surface area contributed by atoms with E-state index in [9.17, 15) is 4.79 Å². The first kappa shape index (κ1) is 23.1. The maximum absolute atomic E-state index is 12.7. The smallest absolute Gasteiger partial charge is 0.237 e. The molecule has 0 aliphatic carbocycles. The molecule has 1 aliphatic rings. The van der Waals surface area contributed by atoms with Gasteiger partial charge in [0.25, 0.3) is 0 Å². The second kappa shape index (κ2) is 11.7. The summed E-state index contributed by atoms with van der Waals surface area (Å²) in [5, 5.41) is 3.10. The summed E-state index contributed by atoms with van der Waals surface area (Å²) in [6, 6.07) is 16.3. The SMILES string of the molecule is COc1ccc(CCNC(=O)C(C)N2CCCN(Cc3ccccc3)CC2)cc1OC. The van der Waals surface area contributed by atoms with Gasteiger partial charge >= 0.3 is 0 Å². The molecule has 2 aromatic rings. The van der Waals surface area contributed by atoms with Crippen LogP contribution in [0.1, 0.15) is 24.5 Å². The lowest BCUT2D eigenvalue weighted by molar-refractivity contribution is -0.125. The molecule has 3 rings (SSSR count). The molecule has 1 unspecified atom stereocenters. The van der Waals surface area contributed by atoms with Crippen LogP contribution in [0.4, 0.5) is 0 Å². The van der Waals surface area contributed by atoms with Crippen LogP contribution in [-0.4, -0.2) is 68.7 Å². The van der Waals surface area contributed by atoms with E-state index < -0.39 is 0 Å². The highest BCUT2D eigenvalue weighted by molar-refractivity contribution is 5.81. The Morgan fingerprint density at radius 3 is 2.48 bits per heavy atom. The molecule has 1 amide bonds. The maximum atomic E-state index is 12.7. The number of nitrogens with zero attached hydrogens (tertiary/aromatic N) is 2. The fraction of sp³-hybridized carbons (Fsp3) is 0.480. The third kappa shape index (κ3) is 6.71. The summed E-state index contributed by atoms with van der Waals surface area (Å²) in [4.78, 5) is 17.5. The van der Waals surface area contributed by atoms with Crippen molar-refractivity contribution in [3.05, 3.63) is 59.7 Å². The zero-order chi connectivity index (χ0) is 22.1. The number of methoxy groups -OCH3 is 2. The maximum Gasteiger partial charge on any atom is 0.237 e. The van der Waals surface area contributed by atoms with Crippen LogP contribution >= 0.6 is 0 Å². The molecule has 6 nitrogen and oxygen atoms in total. The van der Waals surface area contributed by atoms with Gasteiger partial charge in [-0.2, -0.15) is 0 Å². The molecule has 1 fully saturated rings. The number of hydrogen-bond donors (Lipinski definition) is 1. The first-order valence-corrected chi connectivity index (χ1v) is 11.1. The van der Waals surface area contributed by atoms with Crippen LogP contribution in [0.3, 0.4) is 0 Å². The van der Waals surface area contributed by atoms with Gasteiger partial charge < -0.3 is 14.8 Å². The Hall–Kier alpha value is -2.57. The second-order valence-electron chi connectivity index (χ2n) is 8.06. The molecule has 0 radical (unpaired) electrons. The summed E-state index contributed by atoms with van der Waals surface area (Å²) >= 11 is 0. The molecule has 0 saturated carbocycles. The van der Waals surface area contributed by atoms with Gasteiger partial charge in [0.1, 0.15) is 0 Å². The van der Waals surface area contributed by atoms with Crippen LogP contribution in [0.2, 0.25) is 0 Å². The zero-order valence-electron chi connectivity index (χ0n) is 19.0. The van der Waals surface area contributed by atoms with Gasteiger partial charge in [-0.3, -0.25) is 14.6 Å². The highest BCUT2D eigenvalue weighted by Crippen LogP contribution is 2.27. The van der Waals surface area contributed by atoms with Crippen molar-refractivity contribution in [2.45, 2.75) is 32.4 Å². The lowest BCUT2D eigenvalue weighted by Gasteiger charge is -2.27. The molecule has 31 heavy (non-hydrogen) atoms. The topological polar surface area (TPSA) is 54.0 Å². The van der Waals surface area contributed by atoms with Crippen molar-refractivity contribution in [2.24, 2.45) is 0 Å². The monoisotopic (exact) mass is 425 g/mol. The van der Waals surface area contributed by atoms with Gasteiger partial charge in [0, 0.05) is 32.7 Å². The van der Waals surface area contributed by atoms with Crippen molar-refractivity contribution in [1.29, 1.82) is 0 Å². The molecule has 0 bridgehead atoms. The number of rotatable bonds is 9. The number of amides is 1. The summed E-state index contributed by atoms with van der Waals surface area (Å²) in [6.45, 7) is 7.51. The number of benzene rings is 2. The molecule has 6 heteroatoms. The Balaban J connectivity index is 1.44. The van der Waals surface area contributed by atoms with Crippen LogP contribution in [0.5, 0.6) is 11.5 Å². The van der Waals surface area contributed by atoms with Crippen molar-refractivity contribution in [2.75, 3.05) is 46.9 Å². The van der Waals surface area contributed by atoms with Gasteiger partial charge in [0.2, 0.25) is 5.91 Å². The van der Waals surface area contributed by atoms with Crippen molar-refractivity contribution in [1.82, 2.24) is 15.1 Å². The normalized spacial score (nSPS) is 16.4. The van der Waals surface area contributed by atoms with E-state index in [4.69, 9.17) is 9.47 Å². The second-order valence-corrected chi connectivity index (χ2v) is 8.06. The van der Waals surface area contributed by atoms with Gasteiger partial charge in [-0.15, -0.1) is 0 Å². The highest BCUT2D eigenvalue weighted by atomic mass is 16.5. The van der Waals surface area contributed by atoms with E-state index in [-0.39, 0.29) is 11.9 Å². The Morgan fingerprint density at radius 1 is 0.968 bits per heavy atom. The molecule has 168 valence electrons. The molecule has 1 heterocycles. The van der Waals surface area contributed by atoms with Gasteiger partial charge in [-0.05, 0) is 49.6 Å². The standard InChI is InChI=1S/C25H35N3O3/c1-20(25(29)26-13-12-21-10-11-23(30-2)24(18-21)31-3)28-15-7-14-27(16-17-28)19-22-8-5-4-6-9-22/h4-6,8-11,18,20H,7,12-17,19H2,1-3H3,(H,26,29). The number of carbonyl (C=O) groups is 1. The quantitative estimate of drug-likeness (QED) is 0.670. The van der Waals surface area contributed by atoms with E-state index in [0.717, 1.165) is 51.1 Å². The van der Waals surface area contributed by atoms with Gasteiger partial charge in [0.05, 0.1) is 20.3 Å². The first-order valence-electron chi connectivity index (χ1n) is 11.1. The van der Waals surface area contributed by atoms with E-state index in [1.54, 1.807) is 14.2 Å². The summed E-state index contributed by atoms with van der Waals surface area (Å²) in [6.07, 6.45) is 1.83. The Kier molecular flexibility index (Phi) is 8.74. The van der Waals surface area contributed by atoms with Crippen LogP contribution in [-0.2, 0) is 17.8 Å². The summed E-state index contributed by atoms with van der Waals surface area (Å²) in [7, 11) is 3.26. The van der Waals surface area contributed by atoms with Crippen LogP contribution < -0.4 is 14.8 Å². The average molecular weight is 426 g/mol. The van der Waals surface area contributed by atoms with E-state index in [2.05, 4.69) is 45.4 Å². The summed E-state index contributed by atoms with van der Waals surface area (Å²) in [5.41, 5.74) is 2.45. The van der Waals surface area contributed by atoms with Crippen molar-refractivity contribution >= 4 is 5.91 Å². The first-order chi connectivity index (χ1) is 15.1. The molecule has 1 aliphatic heterocycles. The molecule has 2 aromatic carbocycles. The van der Waals surface area contributed by atoms with Crippen molar-refractivity contribution < 1.29 is 14.3 Å². The average Bonchev–Trinajstić information content (AvgIpc) is 3.04. The summed E-state index contributed by atoms with van der Waals surface area (Å²) in [5.74, 6) is 1.52. The zero-order valence-corrected chi connectivity index (χ0v) is 19.0. The lowest BCUT2D eigenvalue weighted by Crippen LogP contribution is -2.46. The predicted molar refractivity (Wildman–Crippen MR) is 124 cm³/mol. The van der Waals surface area contributed by atoms with Crippen LogP contribution in [0.25, 0.3) is 0 Å². The van der Waals surface area contributed by atoms with Crippen molar-refractivity contribution in [3.63, 3.8) is 0 Å². The predicted octanol–water partition coefficient (Wildman–Crippen LogP) is 2.96. The molecule has 1 N–H and O–H groups in total. The Bertz CT molecular complexity index is 828. The number of carbonyl (C=O) groups excluding carboxylic acids is 1. The minimum absolute atomic E-state index is 0.0944. The fourth-order valence-corrected chi connectivity index (χ4v) is 4.06. The largest absolute Gasteiger partial charge is 0.493 e. The van der Waals surface area contributed by atoms with E-state index in [0.29, 0.717) is 18.0 Å². The molecule has 1 saturated heterocycles. The summed E-state index contributed by atoms with van der Waals surface area (Å²) < 4.78 is 10.6. The third-order valence-electron chi connectivity index (χ3n) is 5.96. The minimum atomic E-state index is -0.123. The van der Waals surface area contributed by atoms with E-state index in [1.807, 2.05) is 25.1 Å². The molecule has 0 aromatic heterocycles. The van der Waals surface area contributed by atoms with Crippen molar-refractivity contribution in [3.8, 4) is 11.5 Å². The molecule has 1 atom stereocenters. The highest BCUT2D eigenvalue weighted by Gasteiger charge is 2.23. The van der Waals surface area contributed by atoms with E-state index in [1.165, 1.54) is 5.56 Å². The van der Waals surface area contributed by atoms with Gasteiger partial charge in [-0.25, -0.2) is 0 Å². The van der Waals surface area contributed by atoms with Crippen LogP contribution in [0.15, 0.2) is 48.5 Å². The Labute approximate surface area is 186 Å². The Morgan fingerprint density at radius 2 is 1.74 bits per heavy atom. The molecule has 0 spiro atoms. The minimum Gasteiger partial charge on any atom is -0.493 e. The van der Waals surface area contributed by atoms with Gasteiger partial charge in [-0.1, -0.05) is 36.4 Å². The molecular weight excluding hydrogens is 390 g/mol. The number of ether oxygens (including phenoxy) is 2. The fourth-order valence-electron chi connectivity index (χ4n) is 4.06. The third-order valence-corrected chi connectivity index (χ3v) is 5.96. The number of nitrogens with one attached hydrogen (secondary N) is 1. The number of hydrogen-bond acceptors (Lipinski definition) is 5. The lowest BCUT2D eigenvalue weighted by atomic mass is 10.1. The molecular formula is C25H35N3O3. The van der Waals surface area contributed by atoms with E-state index >= 15 is 0 Å². The van der Waals surface area contributed by atoms with Gasteiger partial charge in [0.15, 0.2) is 11.5 Å². The van der Waals surface area contributed by atoms with Crippen LogP contribution in [0, 0.1) is 0 Å².